The molecule has 0 saturated heterocycles. The fourth-order valence-corrected chi connectivity index (χ4v) is 2.26. The lowest BCUT2D eigenvalue weighted by Gasteiger charge is -2.33. The van der Waals surface area contributed by atoms with Crippen LogP contribution in [0.1, 0.15) is 36.0 Å². The summed E-state index contributed by atoms with van der Waals surface area (Å²) in [5.74, 6) is -0.150. The van der Waals surface area contributed by atoms with Crippen LogP contribution in [0.25, 0.3) is 0 Å². The van der Waals surface area contributed by atoms with Crippen LogP contribution >= 0.6 is 0 Å². The summed E-state index contributed by atoms with van der Waals surface area (Å²) in [6.45, 7) is 6.05. The Kier molecular flexibility index (Phi) is 3.13. The number of hydrogen-bond donors (Lipinski definition) is 1. The van der Waals surface area contributed by atoms with E-state index in [0.29, 0.717) is 12.8 Å². The summed E-state index contributed by atoms with van der Waals surface area (Å²) in [5, 5.41) is 12.1. The van der Waals surface area contributed by atoms with E-state index in [1.165, 1.54) is 5.56 Å². The molecule has 1 saturated carbocycles. The van der Waals surface area contributed by atoms with Crippen molar-refractivity contribution in [3.05, 3.63) is 28.8 Å². The normalized spacial score (nSPS) is 16.6. The fourth-order valence-electron chi connectivity index (χ4n) is 2.26. The maximum Gasteiger partial charge on any atom is 0.244 e. The lowest BCUT2D eigenvalue weighted by molar-refractivity contribution is -0.126. The molecule has 3 heteroatoms. The van der Waals surface area contributed by atoms with E-state index in [9.17, 15) is 4.79 Å². The second-order valence-electron chi connectivity index (χ2n) is 5.25. The molecule has 0 atom stereocenters. The third-order valence-electron chi connectivity index (χ3n) is 3.94. The van der Waals surface area contributed by atoms with Gasteiger partial charge in [-0.25, -0.2) is 0 Å². The van der Waals surface area contributed by atoms with Crippen molar-refractivity contribution in [3.63, 3.8) is 0 Å². The Morgan fingerprint density at radius 1 is 1.22 bits per heavy atom. The van der Waals surface area contributed by atoms with E-state index in [0.717, 1.165) is 23.2 Å². The van der Waals surface area contributed by atoms with Crippen molar-refractivity contribution >= 4 is 11.6 Å². The van der Waals surface area contributed by atoms with Gasteiger partial charge in [-0.1, -0.05) is 6.07 Å². The van der Waals surface area contributed by atoms with Gasteiger partial charge in [-0.15, -0.1) is 0 Å². The molecule has 1 fully saturated rings. The molecule has 1 N–H and O–H groups in total. The Hall–Kier alpha value is -1.82. The van der Waals surface area contributed by atoms with Crippen molar-refractivity contribution in [3.8, 4) is 6.07 Å². The fraction of sp³-hybridized carbons (Fsp3) is 0.467. The van der Waals surface area contributed by atoms with Crippen molar-refractivity contribution < 1.29 is 4.79 Å². The molecule has 0 radical (unpaired) electrons. The van der Waals surface area contributed by atoms with E-state index in [1.54, 1.807) is 0 Å². The first-order valence-electron chi connectivity index (χ1n) is 6.29. The van der Waals surface area contributed by atoms with Crippen molar-refractivity contribution in [2.75, 3.05) is 5.32 Å². The van der Waals surface area contributed by atoms with Gasteiger partial charge in [0.25, 0.3) is 0 Å². The quantitative estimate of drug-likeness (QED) is 0.865. The summed E-state index contributed by atoms with van der Waals surface area (Å²) in [5.41, 5.74) is 3.44. The van der Waals surface area contributed by atoms with Gasteiger partial charge in [0.15, 0.2) is 0 Å². The second-order valence-corrected chi connectivity index (χ2v) is 5.25. The Morgan fingerprint density at radius 2 is 1.83 bits per heavy atom. The summed E-state index contributed by atoms with van der Waals surface area (Å²) in [6, 6.07) is 6.21. The van der Waals surface area contributed by atoms with Gasteiger partial charge in [0.05, 0.1) is 6.07 Å². The Morgan fingerprint density at radius 3 is 2.33 bits per heavy atom. The highest BCUT2D eigenvalue weighted by Gasteiger charge is 2.44. The summed E-state index contributed by atoms with van der Waals surface area (Å²) in [7, 11) is 0. The van der Waals surface area contributed by atoms with E-state index in [4.69, 9.17) is 5.26 Å². The van der Waals surface area contributed by atoms with Gasteiger partial charge in [0, 0.05) is 5.69 Å². The summed E-state index contributed by atoms with van der Waals surface area (Å²) in [6.07, 6.45) is 2.32. The lowest BCUT2D eigenvalue weighted by Crippen LogP contribution is -2.40. The van der Waals surface area contributed by atoms with E-state index in [2.05, 4.69) is 24.4 Å². The lowest BCUT2D eigenvalue weighted by atomic mass is 9.69. The zero-order valence-electron chi connectivity index (χ0n) is 11.1. The third kappa shape index (κ3) is 1.99. The maximum absolute atomic E-state index is 12.2. The van der Waals surface area contributed by atoms with Crippen LogP contribution in [0.2, 0.25) is 0 Å². The number of amides is 1. The van der Waals surface area contributed by atoms with Gasteiger partial charge in [0.2, 0.25) is 5.91 Å². The summed E-state index contributed by atoms with van der Waals surface area (Å²) < 4.78 is 0. The molecular weight excluding hydrogens is 224 g/mol. The second kappa shape index (κ2) is 4.45. The minimum atomic E-state index is -0.786. The number of benzene rings is 1. The highest BCUT2D eigenvalue weighted by molar-refractivity contribution is 5.98. The van der Waals surface area contributed by atoms with Gasteiger partial charge in [0.1, 0.15) is 5.41 Å². The number of rotatable bonds is 2. The van der Waals surface area contributed by atoms with Crippen LogP contribution in [0.3, 0.4) is 0 Å². The number of anilines is 1. The zero-order chi connectivity index (χ0) is 13.3. The molecule has 1 aliphatic carbocycles. The Labute approximate surface area is 108 Å². The molecule has 1 aromatic rings. The molecule has 1 aliphatic rings. The van der Waals surface area contributed by atoms with Crippen molar-refractivity contribution in [1.82, 2.24) is 0 Å². The Bertz CT molecular complexity index is 536. The van der Waals surface area contributed by atoms with E-state index >= 15 is 0 Å². The monoisotopic (exact) mass is 242 g/mol. The van der Waals surface area contributed by atoms with Crippen LogP contribution in [0.5, 0.6) is 0 Å². The average Bonchev–Trinajstić information content (AvgIpc) is 2.25. The van der Waals surface area contributed by atoms with Gasteiger partial charge in [-0.2, -0.15) is 5.26 Å². The van der Waals surface area contributed by atoms with Gasteiger partial charge in [-0.05, 0) is 62.8 Å². The molecule has 0 spiro atoms. The standard InChI is InChI=1S/C15H18N2O/c1-10-7-12(3)13(8-11(10)2)17-14(18)15(9-16)5-4-6-15/h7-8H,4-6H2,1-3H3,(H,17,18). The van der Waals surface area contributed by atoms with Crippen molar-refractivity contribution in [1.29, 1.82) is 5.26 Å². The number of nitrogens with zero attached hydrogens (tertiary/aromatic N) is 1. The smallest absolute Gasteiger partial charge is 0.244 e. The van der Waals surface area contributed by atoms with E-state index in [-0.39, 0.29) is 5.91 Å². The van der Waals surface area contributed by atoms with Gasteiger partial charge >= 0.3 is 0 Å². The molecule has 0 aromatic heterocycles. The van der Waals surface area contributed by atoms with E-state index < -0.39 is 5.41 Å². The van der Waals surface area contributed by atoms with Crippen LogP contribution in [0, 0.1) is 37.5 Å². The first-order chi connectivity index (χ1) is 8.48. The summed E-state index contributed by atoms with van der Waals surface area (Å²) >= 11 is 0. The number of hydrogen-bond acceptors (Lipinski definition) is 2. The number of carbonyl (C=O) groups is 1. The zero-order valence-corrected chi connectivity index (χ0v) is 11.1. The average molecular weight is 242 g/mol. The topological polar surface area (TPSA) is 52.9 Å². The molecule has 1 aromatic carbocycles. The first kappa shape index (κ1) is 12.6. The predicted octanol–water partition coefficient (Wildman–Crippen LogP) is 3.24. The summed E-state index contributed by atoms with van der Waals surface area (Å²) in [4.78, 5) is 12.2. The highest BCUT2D eigenvalue weighted by atomic mass is 16.2. The predicted molar refractivity (Wildman–Crippen MR) is 71.2 cm³/mol. The first-order valence-corrected chi connectivity index (χ1v) is 6.29. The molecule has 0 aliphatic heterocycles. The SMILES string of the molecule is Cc1cc(C)c(NC(=O)C2(C#N)CCC2)cc1C. The number of carbonyl (C=O) groups excluding carboxylic acids is 1. The third-order valence-corrected chi connectivity index (χ3v) is 3.94. The highest BCUT2D eigenvalue weighted by Crippen LogP contribution is 2.41. The van der Waals surface area contributed by atoms with Crippen LogP contribution in [-0.2, 0) is 4.79 Å². The molecule has 0 heterocycles. The molecule has 18 heavy (non-hydrogen) atoms. The van der Waals surface area contributed by atoms with Crippen molar-refractivity contribution in [2.24, 2.45) is 5.41 Å². The van der Waals surface area contributed by atoms with Crippen LogP contribution in [-0.4, -0.2) is 5.91 Å². The van der Waals surface area contributed by atoms with Crippen molar-refractivity contribution in [2.45, 2.75) is 40.0 Å². The number of nitrogens with one attached hydrogen (secondary N) is 1. The van der Waals surface area contributed by atoms with Gasteiger partial charge < -0.3 is 5.32 Å². The maximum atomic E-state index is 12.2. The van der Waals surface area contributed by atoms with Crippen LogP contribution < -0.4 is 5.32 Å². The number of nitriles is 1. The van der Waals surface area contributed by atoms with Crippen LogP contribution in [0.4, 0.5) is 5.69 Å². The molecular formula is C15H18N2O. The van der Waals surface area contributed by atoms with Crippen LogP contribution in [0.15, 0.2) is 12.1 Å². The molecule has 0 unspecified atom stereocenters. The molecule has 3 nitrogen and oxygen atoms in total. The Balaban J connectivity index is 2.22. The number of aryl methyl sites for hydroxylation is 3. The molecule has 94 valence electrons. The molecule has 0 bridgehead atoms. The van der Waals surface area contributed by atoms with Gasteiger partial charge in [-0.3, -0.25) is 4.79 Å². The minimum Gasteiger partial charge on any atom is -0.324 e. The molecule has 1 amide bonds. The molecule has 2 rings (SSSR count). The van der Waals surface area contributed by atoms with E-state index in [1.807, 2.05) is 19.9 Å². The largest absolute Gasteiger partial charge is 0.324 e. The minimum absolute atomic E-state index is 0.150.